The number of ether oxygens (including phenoxy) is 2. The zero-order chi connectivity index (χ0) is 36.1. The lowest BCUT2D eigenvalue weighted by Gasteiger charge is -2.38. The van der Waals surface area contributed by atoms with Crippen molar-refractivity contribution in [3.05, 3.63) is 119 Å². The second-order valence-corrected chi connectivity index (χ2v) is 14.0. The molecule has 3 atom stereocenters. The van der Waals surface area contributed by atoms with Gasteiger partial charge in [0.05, 0.1) is 30.2 Å². The predicted octanol–water partition coefficient (Wildman–Crippen LogP) is 7.66. The van der Waals surface area contributed by atoms with Crippen LogP contribution in [0.15, 0.2) is 97.1 Å². The van der Waals surface area contributed by atoms with Crippen molar-refractivity contribution < 1.29 is 24.2 Å². The van der Waals surface area contributed by atoms with Crippen molar-refractivity contribution >= 4 is 23.2 Å². The number of anilines is 2. The largest absolute Gasteiger partial charge is 0.397 e. The number of nitrogens with zero attached hydrogens (tertiary/aromatic N) is 1. The van der Waals surface area contributed by atoms with E-state index in [1.54, 1.807) is 12.1 Å². The van der Waals surface area contributed by atoms with Gasteiger partial charge in [-0.3, -0.25) is 9.59 Å². The third-order valence-corrected chi connectivity index (χ3v) is 10.0. The van der Waals surface area contributed by atoms with E-state index < -0.39 is 6.29 Å². The molecule has 2 amide bonds. The van der Waals surface area contributed by atoms with Gasteiger partial charge in [0.15, 0.2) is 6.29 Å². The summed E-state index contributed by atoms with van der Waals surface area (Å²) in [6, 6.07) is 31.7. The van der Waals surface area contributed by atoms with E-state index in [-0.39, 0.29) is 43.5 Å². The number of nitrogen functional groups attached to an aromatic ring is 1. The van der Waals surface area contributed by atoms with Crippen molar-refractivity contribution in [3.8, 4) is 11.1 Å². The SMILES string of the molecule is Nc1ccccc1NC(=O)CCCC(=O)NCc1cccc(-c2ccc(C3OC(CN4CCCCCCC4)CC(c4ccc(CO)cc4)O3)cc2)c1. The molecule has 2 heterocycles. The Hall–Kier alpha value is -4.54. The number of nitrogens with one attached hydrogen (secondary N) is 2. The minimum absolute atomic E-state index is 0.0208. The van der Waals surface area contributed by atoms with E-state index in [4.69, 9.17) is 15.2 Å². The summed E-state index contributed by atoms with van der Waals surface area (Å²) in [7, 11) is 0. The molecule has 0 bridgehead atoms. The van der Waals surface area contributed by atoms with E-state index in [1.165, 1.54) is 32.1 Å². The summed E-state index contributed by atoms with van der Waals surface area (Å²) in [5.41, 5.74) is 13.1. The minimum Gasteiger partial charge on any atom is -0.397 e. The fourth-order valence-corrected chi connectivity index (χ4v) is 7.03. The van der Waals surface area contributed by atoms with Crippen molar-refractivity contribution in [2.24, 2.45) is 0 Å². The van der Waals surface area contributed by atoms with Gasteiger partial charge in [-0.25, -0.2) is 0 Å². The van der Waals surface area contributed by atoms with Gasteiger partial charge in [-0.2, -0.15) is 0 Å². The Morgan fingerprint density at radius 2 is 1.46 bits per heavy atom. The molecule has 9 heteroatoms. The zero-order valence-electron chi connectivity index (χ0n) is 30.0. The lowest BCUT2D eigenvalue weighted by molar-refractivity contribution is -0.253. The number of rotatable bonds is 13. The van der Waals surface area contributed by atoms with Gasteiger partial charge in [-0.05, 0) is 78.4 Å². The fraction of sp³-hybridized carbons (Fsp3) is 0.395. The molecule has 0 aromatic heterocycles. The number of carbonyl (C=O) groups excluding carboxylic acids is 2. The zero-order valence-corrected chi connectivity index (χ0v) is 30.0. The van der Waals surface area contributed by atoms with Crippen LogP contribution in [-0.2, 0) is 32.2 Å². The molecule has 4 aromatic carbocycles. The summed E-state index contributed by atoms with van der Waals surface area (Å²) >= 11 is 0. The third-order valence-electron chi connectivity index (χ3n) is 10.0. The molecule has 2 saturated heterocycles. The van der Waals surface area contributed by atoms with Crippen LogP contribution in [0.4, 0.5) is 11.4 Å². The smallest absolute Gasteiger partial charge is 0.224 e. The number of hydrogen-bond donors (Lipinski definition) is 4. The summed E-state index contributed by atoms with van der Waals surface area (Å²) in [5, 5.41) is 15.3. The Labute approximate surface area is 307 Å². The normalized spacial score (nSPS) is 19.7. The maximum atomic E-state index is 12.6. The number of likely N-dealkylation sites (tertiary alicyclic amines) is 1. The van der Waals surface area contributed by atoms with E-state index in [0.29, 0.717) is 24.3 Å². The highest BCUT2D eigenvalue weighted by Gasteiger charge is 2.33. The van der Waals surface area contributed by atoms with Gasteiger partial charge in [0.1, 0.15) is 0 Å². The number of benzene rings is 4. The Balaban J connectivity index is 1.04. The van der Waals surface area contributed by atoms with Crippen LogP contribution in [0.3, 0.4) is 0 Å². The number of amides is 2. The number of nitrogens with two attached hydrogens (primary N) is 1. The number of carbonyl (C=O) groups is 2. The van der Waals surface area contributed by atoms with Gasteiger partial charge in [0.25, 0.3) is 0 Å². The first-order valence-corrected chi connectivity index (χ1v) is 18.8. The molecule has 52 heavy (non-hydrogen) atoms. The molecule has 5 N–H and O–H groups in total. The van der Waals surface area contributed by atoms with E-state index in [9.17, 15) is 14.7 Å². The van der Waals surface area contributed by atoms with Crippen LogP contribution in [0.5, 0.6) is 0 Å². The van der Waals surface area contributed by atoms with E-state index >= 15 is 0 Å². The number of para-hydroxylation sites is 2. The average Bonchev–Trinajstić information content (AvgIpc) is 3.16. The standard InChI is InChI=1S/C43H52N4O5/c44-38-12-4-5-13-39(38)46-42(50)15-9-14-41(49)45-28-32-10-8-11-36(26-32)33-20-22-35(23-21-33)43-51-37(29-47-24-6-2-1-3-7-25-47)27-40(52-43)34-18-16-31(30-48)17-19-34/h4-5,8,10-13,16-23,26,37,40,43,48H,1-3,6-7,9,14-15,24-25,27-30,44H2,(H,45,49)(H,46,50). The molecule has 2 aliphatic rings. The second kappa shape index (κ2) is 18.8. The van der Waals surface area contributed by atoms with Gasteiger partial charge < -0.3 is 35.8 Å². The quantitative estimate of drug-likeness (QED) is 0.105. The van der Waals surface area contributed by atoms with Crippen molar-refractivity contribution in [3.63, 3.8) is 0 Å². The van der Waals surface area contributed by atoms with E-state index in [1.807, 2.05) is 36.4 Å². The summed E-state index contributed by atoms with van der Waals surface area (Å²) in [5.74, 6) is -0.260. The van der Waals surface area contributed by atoms with Crippen LogP contribution < -0.4 is 16.4 Å². The number of aliphatic hydroxyl groups is 1. The minimum atomic E-state index is -0.492. The van der Waals surface area contributed by atoms with Crippen LogP contribution in [0.2, 0.25) is 0 Å². The molecule has 3 unspecified atom stereocenters. The molecule has 4 aromatic rings. The van der Waals surface area contributed by atoms with Crippen LogP contribution in [0.25, 0.3) is 11.1 Å². The average molecular weight is 705 g/mol. The fourth-order valence-electron chi connectivity index (χ4n) is 7.03. The highest BCUT2D eigenvalue weighted by Crippen LogP contribution is 2.39. The van der Waals surface area contributed by atoms with Crippen LogP contribution in [0, 0.1) is 0 Å². The summed E-state index contributed by atoms with van der Waals surface area (Å²) in [6.45, 7) is 3.55. The van der Waals surface area contributed by atoms with Gasteiger partial charge in [0, 0.05) is 37.9 Å². The lowest BCUT2D eigenvalue weighted by Crippen LogP contribution is -2.40. The predicted molar refractivity (Wildman–Crippen MR) is 205 cm³/mol. The van der Waals surface area contributed by atoms with Crippen molar-refractivity contribution in [2.45, 2.75) is 89.4 Å². The summed E-state index contributed by atoms with van der Waals surface area (Å²) < 4.78 is 13.3. The van der Waals surface area contributed by atoms with E-state index in [2.05, 4.69) is 64.1 Å². The van der Waals surface area contributed by atoms with Gasteiger partial charge in [-0.1, -0.05) is 98.1 Å². The molecule has 0 spiro atoms. The Morgan fingerprint density at radius 1 is 0.750 bits per heavy atom. The Morgan fingerprint density at radius 3 is 2.21 bits per heavy atom. The first-order valence-electron chi connectivity index (χ1n) is 18.8. The molecular formula is C43H52N4O5. The molecule has 0 radical (unpaired) electrons. The van der Waals surface area contributed by atoms with Crippen molar-refractivity contribution in [2.75, 3.05) is 30.7 Å². The number of aliphatic hydroxyl groups excluding tert-OH is 1. The van der Waals surface area contributed by atoms with Gasteiger partial charge in [-0.15, -0.1) is 0 Å². The summed E-state index contributed by atoms with van der Waals surface area (Å²) in [6.07, 6.45) is 7.57. The maximum Gasteiger partial charge on any atom is 0.224 e. The summed E-state index contributed by atoms with van der Waals surface area (Å²) in [4.78, 5) is 27.4. The van der Waals surface area contributed by atoms with Crippen LogP contribution in [-0.4, -0.2) is 47.6 Å². The second-order valence-electron chi connectivity index (χ2n) is 14.0. The molecule has 274 valence electrons. The lowest BCUT2D eigenvalue weighted by atomic mass is 9.98. The first-order chi connectivity index (χ1) is 25.4. The third kappa shape index (κ3) is 10.7. The Kier molecular flexibility index (Phi) is 13.5. The molecule has 6 rings (SSSR count). The first kappa shape index (κ1) is 37.2. The monoisotopic (exact) mass is 704 g/mol. The highest BCUT2D eigenvalue weighted by atomic mass is 16.7. The molecular weight excluding hydrogens is 652 g/mol. The molecule has 9 nitrogen and oxygen atoms in total. The highest BCUT2D eigenvalue weighted by molar-refractivity contribution is 5.94. The van der Waals surface area contributed by atoms with E-state index in [0.717, 1.165) is 59.4 Å². The molecule has 2 fully saturated rings. The molecule has 2 aliphatic heterocycles. The van der Waals surface area contributed by atoms with Gasteiger partial charge >= 0.3 is 0 Å². The van der Waals surface area contributed by atoms with Crippen LogP contribution in [0.1, 0.15) is 92.4 Å². The molecule has 0 aliphatic carbocycles. The molecule has 0 saturated carbocycles. The number of hydrogen-bond acceptors (Lipinski definition) is 7. The van der Waals surface area contributed by atoms with Gasteiger partial charge in [0.2, 0.25) is 11.8 Å². The maximum absolute atomic E-state index is 12.6. The van der Waals surface area contributed by atoms with Crippen molar-refractivity contribution in [1.29, 1.82) is 0 Å². The van der Waals surface area contributed by atoms with Crippen molar-refractivity contribution in [1.82, 2.24) is 10.2 Å². The van der Waals surface area contributed by atoms with Crippen LogP contribution >= 0.6 is 0 Å². The Bertz CT molecular complexity index is 1740. The topological polar surface area (TPSA) is 126 Å².